The van der Waals surface area contributed by atoms with E-state index in [0.29, 0.717) is 17.2 Å². The summed E-state index contributed by atoms with van der Waals surface area (Å²) in [5.41, 5.74) is 7.40. The van der Waals surface area contributed by atoms with E-state index in [4.69, 9.17) is 4.74 Å². The van der Waals surface area contributed by atoms with Gasteiger partial charge in [0, 0.05) is 5.56 Å². The van der Waals surface area contributed by atoms with Crippen LogP contribution in [0.5, 0.6) is 5.75 Å². The number of carbonyl (C=O) groups excluding carboxylic acids is 2. The Morgan fingerprint density at radius 1 is 1.04 bits per heavy atom. The molecule has 0 radical (unpaired) electrons. The fourth-order valence-electron chi connectivity index (χ4n) is 2.11. The van der Waals surface area contributed by atoms with Crippen LogP contribution in [0.15, 0.2) is 48.5 Å². The molecule has 2 aromatic carbocycles. The van der Waals surface area contributed by atoms with Gasteiger partial charge in [0.25, 0.3) is 11.8 Å². The minimum Gasteiger partial charge on any atom is -0.484 e. The van der Waals surface area contributed by atoms with Crippen molar-refractivity contribution in [3.63, 3.8) is 0 Å². The third-order valence-corrected chi connectivity index (χ3v) is 3.51. The maximum Gasteiger partial charge on any atom is 0.276 e. The third kappa shape index (κ3) is 5.12. The molecular formula is C19H22N2O3. The van der Waals surface area contributed by atoms with Gasteiger partial charge >= 0.3 is 0 Å². The molecule has 0 unspecified atom stereocenters. The van der Waals surface area contributed by atoms with Gasteiger partial charge in [0.05, 0.1) is 0 Å². The predicted molar refractivity (Wildman–Crippen MR) is 92.8 cm³/mol. The van der Waals surface area contributed by atoms with Crippen LogP contribution in [0.4, 0.5) is 0 Å². The normalized spacial score (nSPS) is 10.3. The van der Waals surface area contributed by atoms with E-state index >= 15 is 0 Å². The van der Waals surface area contributed by atoms with Gasteiger partial charge in [0.2, 0.25) is 0 Å². The van der Waals surface area contributed by atoms with Crippen LogP contribution in [-0.2, 0) is 4.79 Å². The van der Waals surface area contributed by atoms with Gasteiger partial charge < -0.3 is 4.74 Å². The molecule has 0 aliphatic heterocycles. The molecule has 2 amide bonds. The standard InChI is InChI=1S/C19H22N2O3/c1-13(2)15-7-9-16(10-8-15)19(23)21-20-18(22)12-24-17-6-4-5-14(3)11-17/h4-11,13H,12H2,1-3H3,(H,20,22)(H,21,23). The van der Waals surface area contributed by atoms with E-state index in [0.717, 1.165) is 11.1 Å². The molecule has 0 spiro atoms. The van der Waals surface area contributed by atoms with E-state index in [-0.39, 0.29) is 12.5 Å². The lowest BCUT2D eigenvalue weighted by Gasteiger charge is -2.10. The highest BCUT2D eigenvalue weighted by atomic mass is 16.5. The van der Waals surface area contributed by atoms with Crippen molar-refractivity contribution < 1.29 is 14.3 Å². The Labute approximate surface area is 142 Å². The molecule has 5 heteroatoms. The number of aryl methyl sites for hydroxylation is 1. The maximum absolute atomic E-state index is 12.0. The summed E-state index contributed by atoms with van der Waals surface area (Å²) in [7, 11) is 0. The average molecular weight is 326 g/mol. The van der Waals surface area contributed by atoms with Crippen LogP contribution < -0.4 is 15.6 Å². The number of ether oxygens (including phenoxy) is 1. The van der Waals surface area contributed by atoms with Crippen LogP contribution in [0, 0.1) is 6.92 Å². The second-order valence-electron chi connectivity index (χ2n) is 5.88. The topological polar surface area (TPSA) is 67.4 Å². The molecule has 126 valence electrons. The summed E-state index contributed by atoms with van der Waals surface area (Å²) >= 11 is 0. The summed E-state index contributed by atoms with van der Waals surface area (Å²) in [4.78, 5) is 23.7. The number of carbonyl (C=O) groups is 2. The molecule has 0 saturated carbocycles. The molecule has 24 heavy (non-hydrogen) atoms. The Kier molecular flexibility index (Phi) is 5.95. The fourth-order valence-corrected chi connectivity index (χ4v) is 2.11. The lowest BCUT2D eigenvalue weighted by atomic mass is 10.0. The zero-order valence-electron chi connectivity index (χ0n) is 14.1. The first-order chi connectivity index (χ1) is 11.5. The molecule has 0 atom stereocenters. The number of amides is 2. The molecule has 5 nitrogen and oxygen atoms in total. The predicted octanol–water partition coefficient (Wildman–Crippen LogP) is 2.96. The van der Waals surface area contributed by atoms with Crippen molar-refractivity contribution in [1.82, 2.24) is 10.9 Å². The summed E-state index contributed by atoms with van der Waals surface area (Å²) in [6.07, 6.45) is 0. The summed E-state index contributed by atoms with van der Waals surface area (Å²) in [5, 5.41) is 0. The van der Waals surface area contributed by atoms with Gasteiger partial charge in [-0.3, -0.25) is 20.4 Å². The first-order valence-electron chi connectivity index (χ1n) is 7.84. The molecule has 2 rings (SSSR count). The number of rotatable bonds is 5. The fraction of sp³-hybridized carbons (Fsp3) is 0.263. The van der Waals surface area contributed by atoms with Crippen molar-refractivity contribution in [3.05, 3.63) is 65.2 Å². The van der Waals surface area contributed by atoms with Crippen molar-refractivity contribution in [1.29, 1.82) is 0 Å². The van der Waals surface area contributed by atoms with E-state index in [2.05, 4.69) is 24.7 Å². The smallest absolute Gasteiger partial charge is 0.276 e. The van der Waals surface area contributed by atoms with Crippen molar-refractivity contribution in [3.8, 4) is 5.75 Å². The Balaban J connectivity index is 1.79. The lowest BCUT2D eigenvalue weighted by molar-refractivity contribution is -0.123. The molecule has 2 N–H and O–H groups in total. The zero-order valence-corrected chi connectivity index (χ0v) is 14.1. The molecule has 0 aliphatic rings. The second-order valence-corrected chi connectivity index (χ2v) is 5.88. The Morgan fingerprint density at radius 3 is 2.38 bits per heavy atom. The molecule has 0 fully saturated rings. The van der Waals surface area contributed by atoms with Crippen molar-refractivity contribution >= 4 is 11.8 Å². The van der Waals surface area contributed by atoms with Gasteiger partial charge in [-0.25, -0.2) is 0 Å². The Bertz CT molecular complexity index is 709. The highest BCUT2D eigenvalue weighted by molar-refractivity contribution is 5.95. The number of benzene rings is 2. The Morgan fingerprint density at radius 2 is 1.75 bits per heavy atom. The van der Waals surface area contributed by atoms with Crippen molar-refractivity contribution in [2.75, 3.05) is 6.61 Å². The largest absolute Gasteiger partial charge is 0.484 e. The quantitative estimate of drug-likeness (QED) is 0.830. The summed E-state index contributed by atoms with van der Waals surface area (Å²) in [5.74, 6) is 0.221. The second kappa shape index (κ2) is 8.15. The Hall–Kier alpha value is -2.82. The number of hydrazine groups is 1. The maximum atomic E-state index is 12.0. The minimum absolute atomic E-state index is 0.171. The molecule has 0 bridgehead atoms. The van der Waals surface area contributed by atoms with Crippen LogP contribution >= 0.6 is 0 Å². The minimum atomic E-state index is -0.427. The van der Waals surface area contributed by atoms with E-state index in [9.17, 15) is 9.59 Å². The lowest BCUT2D eigenvalue weighted by Crippen LogP contribution is -2.43. The number of hydrogen-bond donors (Lipinski definition) is 2. The van der Waals surface area contributed by atoms with E-state index in [1.165, 1.54) is 0 Å². The highest BCUT2D eigenvalue weighted by Crippen LogP contribution is 2.14. The molecule has 0 heterocycles. The third-order valence-electron chi connectivity index (χ3n) is 3.51. The van der Waals surface area contributed by atoms with Gasteiger partial charge in [-0.05, 0) is 48.2 Å². The van der Waals surface area contributed by atoms with E-state index in [1.807, 2.05) is 37.3 Å². The average Bonchev–Trinajstić information content (AvgIpc) is 2.58. The molecule has 0 aromatic heterocycles. The van der Waals surface area contributed by atoms with Gasteiger partial charge in [0.15, 0.2) is 6.61 Å². The first kappa shape index (κ1) is 17.5. The highest BCUT2D eigenvalue weighted by Gasteiger charge is 2.08. The van der Waals surface area contributed by atoms with Crippen LogP contribution in [0.2, 0.25) is 0 Å². The number of hydrogen-bond acceptors (Lipinski definition) is 3. The number of nitrogens with one attached hydrogen (secondary N) is 2. The molecule has 2 aromatic rings. The SMILES string of the molecule is Cc1cccc(OCC(=O)NNC(=O)c2ccc(C(C)C)cc2)c1. The van der Waals surface area contributed by atoms with Crippen molar-refractivity contribution in [2.24, 2.45) is 0 Å². The van der Waals surface area contributed by atoms with Crippen molar-refractivity contribution in [2.45, 2.75) is 26.7 Å². The van der Waals surface area contributed by atoms with Gasteiger partial charge in [-0.2, -0.15) is 0 Å². The molecular weight excluding hydrogens is 304 g/mol. The summed E-state index contributed by atoms with van der Waals surface area (Å²) in [6, 6.07) is 14.7. The zero-order chi connectivity index (χ0) is 17.5. The summed E-state index contributed by atoms with van der Waals surface area (Å²) in [6.45, 7) is 5.95. The molecule has 0 aliphatic carbocycles. The van der Waals surface area contributed by atoms with Gasteiger partial charge in [-0.1, -0.05) is 38.1 Å². The summed E-state index contributed by atoms with van der Waals surface area (Å²) < 4.78 is 5.37. The monoisotopic (exact) mass is 326 g/mol. The van der Waals surface area contributed by atoms with Crippen LogP contribution in [-0.4, -0.2) is 18.4 Å². The van der Waals surface area contributed by atoms with Crippen LogP contribution in [0.25, 0.3) is 0 Å². The van der Waals surface area contributed by atoms with Crippen LogP contribution in [0.3, 0.4) is 0 Å². The molecule has 0 saturated heterocycles. The van der Waals surface area contributed by atoms with E-state index in [1.54, 1.807) is 18.2 Å². The first-order valence-corrected chi connectivity index (χ1v) is 7.84. The van der Waals surface area contributed by atoms with Gasteiger partial charge in [0.1, 0.15) is 5.75 Å². The van der Waals surface area contributed by atoms with E-state index < -0.39 is 5.91 Å². The van der Waals surface area contributed by atoms with Gasteiger partial charge in [-0.15, -0.1) is 0 Å². The van der Waals surface area contributed by atoms with Crippen LogP contribution in [0.1, 0.15) is 41.3 Å².